The second-order valence-corrected chi connectivity index (χ2v) is 8.59. The average molecular weight is 399 g/mol. The third-order valence-electron chi connectivity index (χ3n) is 4.96. The van der Waals surface area contributed by atoms with Crippen molar-refractivity contribution in [3.8, 4) is 0 Å². The van der Waals surface area contributed by atoms with Gasteiger partial charge in [0, 0.05) is 24.2 Å². The normalized spacial score (nSPS) is 17.0. The van der Waals surface area contributed by atoms with Gasteiger partial charge in [-0.25, -0.2) is 13.2 Å². The maximum Gasteiger partial charge on any atom is 0.338 e. The van der Waals surface area contributed by atoms with E-state index in [0.717, 1.165) is 18.9 Å². The summed E-state index contributed by atoms with van der Waals surface area (Å²) in [6.07, 6.45) is 1.86. The van der Waals surface area contributed by atoms with E-state index in [1.54, 1.807) is 11.0 Å². The molecule has 0 spiro atoms. The molecule has 0 bridgehead atoms. The van der Waals surface area contributed by atoms with Crippen molar-refractivity contribution in [2.24, 2.45) is 0 Å². The molecule has 0 unspecified atom stereocenters. The Morgan fingerprint density at radius 1 is 0.964 bits per heavy atom. The molecule has 2 aliphatic heterocycles. The second kappa shape index (κ2) is 6.87. The van der Waals surface area contributed by atoms with Gasteiger partial charge in [-0.1, -0.05) is 12.1 Å². The molecule has 0 atom stereocenters. The lowest BCUT2D eigenvalue weighted by Crippen LogP contribution is -2.32. The Morgan fingerprint density at radius 2 is 1.64 bits per heavy atom. The quantitative estimate of drug-likeness (QED) is 0.624. The fourth-order valence-electron chi connectivity index (χ4n) is 3.48. The molecule has 4 rings (SSSR count). The third kappa shape index (κ3) is 2.99. The predicted octanol–water partition coefficient (Wildman–Crippen LogP) is 1.84. The first-order valence-electron chi connectivity index (χ1n) is 8.87. The molecular formula is C20H17NO6S. The molecule has 2 aromatic carbocycles. The van der Waals surface area contributed by atoms with Gasteiger partial charge in [-0.05, 0) is 43.2 Å². The summed E-state index contributed by atoms with van der Waals surface area (Å²) in [6, 6.07) is 9.75. The number of benzene rings is 2. The summed E-state index contributed by atoms with van der Waals surface area (Å²) >= 11 is 0. The van der Waals surface area contributed by atoms with E-state index in [1.165, 1.54) is 30.3 Å². The largest absolute Gasteiger partial charge is 0.452 e. The van der Waals surface area contributed by atoms with Crippen LogP contribution in [0.2, 0.25) is 0 Å². The van der Waals surface area contributed by atoms with Gasteiger partial charge in [0.1, 0.15) is 0 Å². The molecule has 2 heterocycles. The molecule has 0 aliphatic carbocycles. The Labute approximate surface area is 161 Å². The van der Waals surface area contributed by atoms with Crippen LogP contribution in [0.3, 0.4) is 0 Å². The Hall–Kier alpha value is -3.00. The van der Waals surface area contributed by atoms with Crippen LogP contribution in [0.25, 0.3) is 0 Å². The van der Waals surface area contributed by atoms with Gasteiger partial charge in [-0.2, -0.15) is 0 Å². The Morgan fingerprint density at radius 3 is 2.39 bits per heavy atom. The number of likely N-dealkylation sites (tertiary alicyclic amines) is 1. The van der Waals surface area contributed by atoms with E-state index >= 15 is 0 Å². The molecule has 0 aromatic heterocycles. The number of hydrogen-bond donors (Lipinski definition) is 0. The van der Waals surface area contributed by atoms with Crippen molar-refractivity contribution in [1.82, 2.24) is 4.90 Å². The topological polar surface area (TPSA) is 97.8 Å². The lowest BCUT2D eigenvalue weighted by Gasteiger charge is -2.19. The van der Waals surface area contributed by atoms with Gasteiger partial charge in [0.15, 0.2) is 12.4 Å². The number of esters is 1. The van der Waals surface area contributed by atoms with E-state index in [9.17, 15) is 22.8 Å². The lowest BCUT2D eigenvalue weighted by molar-refractivity contribution is -0.133. The SMILES string of the molecule is O=C(OCC(=O)N1CCCC1)c1ccc2c(c1)S(=O)(=O)c1ccccc1C2=O. The first-order valence-corrected chi connectivity index (χ1v) is 10.4. The molecule has 7 nitrogen and oxygen atoms in total. The van der Waals surface area contributed by atoms with E-state index in [1.807, 2.05) is 0 Å². The Bertz CT molecular complexity index is 1100. The number of carbonyl (C=O) groups is 3. The molecule has 28 heavy (non-hydrogen) atoms. The summed E-state index contributed by atoms with van der Waals surface area (Å²) in [7, 11) is -3.94. The van der Waals surface area contributed by atoms with E-state index in [0.29, 0.717) is 13.1 Å². The molecule has 1 saturated heterocycles. The van der Waals surface area contributed by atoms with Crippen LogP contribution in [-0.2, 0) is 19.4 Å². The second-order valence-electron chi connectivity index (χ2n) is 6.70. The van der Waals surface area contributed by atoms with E-state index < -0.39 is 28.2 Å². The zero-order chi connectivity index (χ0) is 19.9. The van der Waals surface area contributed by atoms with Crippen LogP contribution in [0, 0.1) is 0 Å². The number of ether oxygens (including phenoxy) is 1. The summed E-state index contributed by atoms with van der Waals surface area (Å²) in [5.41, 5.74) is 0.105. The highest BCUT2D eigenvalue weighted by Crippen LogP contribution is 2.34. The minimum absolute atomic E-state index is 0.0170. The molecule has 2 aliphatic rings. The molecule has 0 N–H and O–H groups in total. The van der Waals surface area contributed by atoms with E-state index in [-0.39, 0.29) is 32.4 Å². The number of rotatable bonds is 3. The van der Waals surface area contributed by atoms with Crippen molar-refractivity contribution < 1.29 is 27.5 Å². The average Bonchev–Trinajstić information content (AvgIpc) is 3.25. The minimum Gasteiger partial charge on any atom is -0.452 e. The molecule has 1 amide bonds. The molecule has 1 fully saturated rings. The third-order valence-corrected chi connectivity index (χ3v) is 6.81. The van der Waals surface area contributed by atoms with Crippen molar-refractivity contribution in [1.29, 1.82) is 0 Å². The van der Waals surface area contributed by atoms with Gasteiger partial charge >= 0.3 is 5.97 Å². The predicted molar refractivity (Wildman–Crippen MR) is 97.9 cm³/mol. The highest BCUT2D eigenvalue weighted by Gasteiger charge is 2.35. The summed E-state index contributed by atoms with van der Waals surface area (Å²) in [6.45, 7) is 0.897. The van der Waals surface area contributed by atoms with E-state index in [4.69, 9.17) is 4.74 Å². The van der Waals surface area contributed by atoms with Crippen LogP contribution in [0.1, 0.15) is 39.1 Å². The van der Waals surface area contributed by atoms with Crippen molar-refractivity contribution in [2.45, 2.75) is 22.6 Å². The maximum atomic E-state index is 12.9. The van der Waals surface area contributed by atoms with Gasteiger partial charge in [-0.3, -0.25) is 9.59 Å². The summed E-state index contributed by atoms with van der Waals surface area (Å²) < 4.78 is 30.8. The molecule has 144 valence electrons. The molecule has 0 saturated carbocycles. The zero-order valence-electron chi connectivity index (χ0n) is 14.9. The van der Waals surface area contributed by atoms with Crippen LogP contribution >= 0.6 is 0 Å². The Kier molecular flexibility index (Phi) is 4.50. The Balaban J connectivity index is 1.60. The first-order chi connectivity index (χ1) is 13.4. The summed E-state index contributed by atoms with van der Waals surface area (Å²) in [5.74, 6) is -1.50. The van der Waals surface area contributed by atoms with Gasteiger partial charge in [0.05, 0.1) is 15.4 Å². The van der Waals surface area contributed by atoms with Crippen LogP contribution in [0.5, 0.6) is 0 Å². The fraction of sp³-hybridized carbons (Fsp3) is 0.250. The molecule has 0 radical (unpaired) electrons. The van der Waals surface area contributed by atoms with Gasteiger partial charge in [0.2, 0.25) is 9.84 Å². The minimum atomic E-state index is -3.94. The highest BCUT2D eigenvalue weighted by atomic mass is 32.2. The van der Waals surface area contributed by atoms with Gasteiger partial charge in [0.25, 0.3) is 5.91 Å². The number of nitrogens with zero attached hydrogens (tertiary/aromatic N) is 1. The summed E-state index contributed by atoms with van der Waals surface area (Å²) in [5, 5.41) is 0. The number of sulfone groups is 1. The number of fused-ring (bicyclic) bond motifs is 2. The van der Waals surface area contributed by atoms with Crippen LogP contribution in [0.15, 0.2) is 52.3 Å². The van der Waals surface area contributed by atoms with Crippen LogP contribution < -0.4 is 0 Å². The van der Waals surface area contributed by atoms with Crippen LogP contribution in [-0.4, -0.2) is 50.7 Å². The number of amides is 1. The zero-order valence-corrected chi connectivity index (χ0v) is 15.7. The van der Waals surface area contributed by atoms with Crippen molar-refractivity contribution in [3.63, 3.8) is 0 Å². The molecular weight excluding hydrogens is 382 g/mol. The van der Waals surface area contributed by atoms with Crippen molar-refractivity contribution >= 4 is 27.5 Å². The first kappa shape index (κ1) is 18.4. The van der Waals surface area contributed by atoms with Crippen LogP contribution in [0.4, 0.5) is 0 Å². The number of carbonyl (C=O) groups excluding carboxylic acids is 3. The van der Waals surface area contributed by atoms with Crippen molar-refractivity contribution in [3.05, 3.63) is 59.2 Å². The number of hydrogen-bond acceptors (Lipinski definition) is 6. The molecule has 2 aromatic rings. The monoisotopic (exact) mass is 399 g/mol. The highest BCUT2D eigenvalue weighted by molar-refractivity contribution is 7.91. The van der Waals surface area contributed by atoms with Crippen molar-refractivity contribution in [2.75, 3.05) is 19.7 Å². The fourth-order valence-corrected chi connectivity index (χ4v) is 5.16. The van der Waals surface area contributed by atoms with Gasteiger partial charge < -0.3 is 9.64 Å². The standard InChI is InChI=1S/C20H17NO6S/c22-18(21-9-3-4-10-21)12-27-20(24)13-7-8-15-17(11-13)28(25,26)16-6-2-1-5-14(16)19(15)23/h1-2,5-8,11H,3-4,9-10,12H2. The summed E-state index contributed by atoms with van der Waals surface area (Å²) in [4.78, 5) is 38.2. The number of ketones is 1. The van der Waals surface area contributed by atoms with E-state index in [2.05, 4.69) is 0 Å². The molecule has 8 heteroatoms. The smallest absolute Gasteiger partial charge is 0.338 e. The maximum absolute atomic E-state index is 12.9. The van der Waals surface area contributed by atoms with Gasteiger partial charge in [-0.15, -0.1) is 0 Å². The lowest BCUT2D eigenvalue weighted by atomic mass is 10.0.